The number of methoxy groups -OCH3 is 1. The van der Waals surface area contributed by atoms with E-state index in [0.29, 0.717) is 18.8 Å². The van der Waals surface area contributed by atoms with E-state index in [4.69, 9.17) is 14.7 Å². The van der Waals surface area contributed by atoms with Gasteiger partial charge >= 0.3 is 5.97 Å². The summed E-state index contributed by atoms with van der Waals surface area (Å²) in [6.45, 7) is 6.22. The van der Waals surface area contributed by atoms with Gasteiger partial charge in [-0.05, 0) is 19.3 Å². The van der Waals surface area contributed by atoms with Gasteiger partial charge in [0.05, 0.1) is 12.7 Å². The normalized spacial score (nSPS) is 13.3. The Morgan fingerprint density at radius 1 is 1.41 bits per heavy atom. The van der Waals surface area contributed by atoms with Crippen LogP contribution in [0.1, 0.15) is 33.6 Å². The molecule has 0 aromatic rings. The SMILES string of the molecule is COC(C)CCOC(=O)/C(C#N)=C/CC(C)C. The van der Waals surface area contributed by atoms with Crippen LogP contribution < -0.4 is 0 Å². The van der Waals surface area contributed by atoms with E-state index in [0.717, 1.165) is 0 Å². The quantitative estimate of drug-likeness (QED) is 0.389. The summed E-state index contributed by atoms with van der Waals surface area (Å²) >= 11 is 0. The third-order valence-electron chi connectivity index (χ3n) is 2.29. The number of esters is 1. The Balaban J connectivity index is 4.10. The molecule has 0 aliphatic heterocycles. The van der Waals surface area contributed by atoms with Gasteiger partial charge in [-0.25, -0.2) is 4.79 Å². The second kappa shape index (κ2) is 8.77. The Labute approximate surface area is 103 Å². The molecule has 0 aromatic heterocycles. The van der Waals surface area contributed by atoms with Crippen molar-refractivity contribution in [2.75, 3.05) is 13.7 Å². The number of hydrogen-bond acceptors (Lipinski definition) is 4. The van der Waals surface area contributed by atoms with E-state index in [1.165, 1.54) is 0 Å². The van der Waals surface area contributed by atoms with Crippen molar-refractivity contribution in [2.45, 2.75) is 39.7 Å². The van der Waals surface area contributed by atoms with Gasteiger partial charge in [0.1, 0.15) is 11.6 Å². The zero-order valence-corrected chi connectivity index (χ0v) is 11.0. The monoisotopic (exact) mass is 239 g/mol. The van der Waals surface area contributed by atoms with Gasteiger partial charge in [-0.15, -0.1) is 0 Å². The third kappa shape index (κ3) is 7.53. The third-order valence-corrected chi connectivity index (χ3v) is 2.29. The van der Waals surface area contributed by atoms with Crippen molar-refractivity contribution < 1.29 is 14.3 Å². The van der Waals surface area contributed by atoms with Gasteiger partial charge < -0.3 is 9.47 Å². The summed E-state index contributed by atoms with van der Waals surface area (Å²) in [6.07, 6.45) is 3.01. The molecule has 4 heteroatoms. The number of hydrogen-bond donors (Lipinski definition) is 0. The second-order valence-corrected chi connectivity index (χ2v) is 4.33. The summed E-state index contributed by atoms with van der Waals surface area (Å²) in [6, 6.07) is 1.86. The number of nitrogens with zero attached hydrogens (tertiary/aromatic N) is 1. The molecular weight excluding hydrogens is 218 g/mol. The number of carbonyl (C=O) groups is 1. The summed E-state index contributed by atoms with van der Waals surface area (Å²) in [5.41, 5.74) is 0.0868. The van der Waals surface area contributed by atoms with Gasteiger partial charge in [0.25, 0.3) is 0 Å². The van der Waals surface area contributed by atoms with Crippen LogP contribution in [0.15, 0.2) is 11.6 Å². The minimum Gasteiger partial charge on any atom is -0.461 e. The van der Waals surface area contributed by atoms with Gasteiger partial charge in [-0.2, -0.15) is 5.26 Å². The second-order valence-electron chi connectivity index (χ2n) is 4.33. The zero-order valence-electron chi connectivity index (χ0n) is 11.0. The summed E-state index contributed by atoms with van der Waals surface area (Å²) in [7, 11) is 1.61. The highest BCUT2D eigenvalue weighted by Crippen LogP contribution is 2.06. The number of carbonyl (C=O) groups excluding carboxylic acids is 1. The lowest BCUT2D eigenvalue weighted by atomic mass is 10.1. The van der Waals surface area contributed by atoms with Crippen LogP contribution in [-0.2, 0) is 14.3 Å². The number of nitriles is 1. The highest BCUT2D eigenvalue weighted by Gasteiger charge is 2.11. The van der Waals surface area contributed by atoms with Crippen molar-refractivity contribution in [2.24, 2.45) is 5.92 Å². The van der Waals surface area contributed by atoms with Crippen LogP contribution in [0.2, 0.25) is 0 Å². The largest absolute Gasteiger partial charge is 0.461 e. The average molecular weight is 239 g/mol. The topological polar surface area (TPSA) is 59.3 Å². The highest BCUT2D eigenvalue weighted by molar-refractivity contribution is 5.92. The number of rotatable bonds is 7. The maximum absolute atomic E-state index is 11.5. The van der Waals surface area contributed by atoms with Gasteiger partial charge in [-0.3, -0.25) is 0 Å². The van der Waals surface area contributed by atoms with Gasteiger partial charge in [-0.1, -0.05) is 19.9 Å². The van der Waals surface area contributed by atoms with Crippen molar-refractivity contribution >= 4 is 5.97 Å². The molecule has 0 heterocycles. The minimum atomic E-state index is -0.545. The van der Waals surface area contributed by atoms with Crippen LogP contribution in [0.4, 0.5) is 0 Å². The number of allylic oxidation sites excluding steroid dienone is 1. The summed E-state index contributed by atoms with van der Waals surface area (Å²) in [5.74, 6) is -0.129. The fourth-order valence-electron chi connectivity index (χ4n) is 1.04. The lowest BCUT2D eigenvalue weighted by Gasteiger charge is -2.09. The van der Waals surface area contributed by atoms with Crippen LogP contribution >= 0.6 is 0 Å². The Morgan fingerprint density at radius 2 is 2.06 bits per heavy atom. The predicted octanol–water partition coefficient (Wildman–Crippen LogP) is 2.45. The van der Waals surface area contributed by atoms with Crippen molar-refractivity contribution in [3.8, 4) is 6.07 Å². The molecule has 1 unspecified atom stereocenters. The van der Waals surface area contributed by atoms with Crippen LogP contribution in [-0.4, -0.2) is 25.8 Å². The van der Waals surface area contributed by atoms with Gasteiger partial charge in [0.15, 0.2) is 0 Å². The van der Waals surface area contributed by atoms with E-state index in [2.05, 4.69) is 0 Å². The fourth-order valence-corrected chi connectivity index (χ4v) is 1.04. The van der Waals surface area contributed by atoms with E-state index < -0.39 is 5.97 Å². The molecule has 0 spiro atoms. The Morgan fingerprint density at radius 3 is 2.53 bits per heavy atom. The molecule has 0 aromatic carbocycles. The first-order valence-electron chi connectivity index (χ1n) is 5.81. The molecule has 4 nitrogen and oxygen atoms in total. The maximum Gasteiger partial charge on any atom is 0.348 e. The van der Waals surface area contributed by atoms with E-state index in [-0.39, 0.29) is 18.3 Å². The van der Waals surface area contributed by atoms with E-state index in [1.807, 2.05) is 26.8 Å². The molecule has 96 valence electrons. The molecule has 0 saturated heterocycles. The van der Waals surface area contributed by atoms with Crippen molar-refractivity contribution in [3.05, 3.63) is 11.6 Å². The van der Waals surface area contributed by atoms with Crippen LogP contribution in [0.5, 0.6) is 0 Å². The first kappa shape index (κ1) is 15.7. The molecule has 0 fully saturated rings. The lowest BCUT2D eigenvalue weighted by molar-refractivity contribution is -0.139. The fraction of sp³-hybridized carbons (Fsp3) is 0.692. The maximum atomic E-state index is 11.5. The molecule has 0 saturated carbocycles. The molecule has 1 atom stereocenters. The average Bonchev–Trinajstić information content (AvgIpc) is 2.29. The highest BCUT2D eigenvalue weighted by atomic mass is 16.5. The Hall–Kier alpha value is -1.34. The van der Waals surface area contributed by atoms with Crippen molar-refractivity contribution in [3.63, 3.8) is 0 Å². The van der Waals surface area contributed by atoms with E-state index in [1.54, 1.807) is 13.2 Å². The first-order chi connectivity index (χ1) is 8.01. The van der Waals surface area contributed by atoms with Crippen LogP contribution in [0, 0.1) is 17.2 Å². The first-order valence-corrected chi connectivity index (χ1v) is 5.81. The van der Waals surface area contributed by atoms with Crippen molar-refractivity contribution in [1.82, 2.24) is 0 Å². The molecule has 0 N–H and O–H groups in total. The molecule has 0 aliphatic carbocycles. The smallest absolute Gasteiger partial charge is 0.348 e. The minimum absolute atomic E-state index is 0.0491. The number of ether oxygens (including phenoxy) is 2. The van der Waals surface area contributed by atoms with Crippen molar-refractivity contribution in [1.29, 1.82) is 5.26 Å². The zero-order chi connectivity index (χ0) is 13.3. The summed E-state index contributed by atoms with van der Waals surface area (Å²) in [5, 5.41) is 8.82. The van der Waals surface area contributed by atoms with Crippen LogP contribution in [0.25, 0.3) is 0 Å². The van der Waals surface area contributed by atoms with E-state index >= 15 is 0 Å². The van der Waals surface area contributed by atoms with E-state index in [9.17, 15) is 4.79 Å². The molecule has 0 radical (unpaired) electrons. The molecule has 0 bridgehead atoms. The van der Waals surface area contributed by atoms with Gasteiger partial charge in [0, 0.05) is 13.5 Å². The Bertz CT molecular complexity index is 302. The van der Waals surface area contributed by atoms with Crippen LogP contribution in [0.3, 0.4) is 0 Å². The molecular formula is C13H21NO3. The van der Waals surface area contributed by atoms with Gasteiger partial charge in [0.2, 0.25) is 0 Å². The summed E-state index contributed by atoms with van der Waals surface area (Å²) < 4.78 is 10.0. The summed E-state index contributed by atoms with van der Waals surface area (Å²) in [4.78, 5) is 11.5. The lowest BCUT2D eigenvalue weighted by Crippen LogP contribution is -2.13. The molecule has 0 amide bonds. The standard InChI is InChI=1S/C13H21NO3/c1-10(2)5-6-12(9-14)13(15)17-8-7-11(3)16-4/h6,10-11H,5,7-8H2,1-4H3/b12-6+. The molecule has 0 aliphatic rings. The Kier molecular flexibility index (Phi) is 8.08. The molecule has 0 rings (SSSR count). The predicted molar refractivity (Wildman–Crippen MR) is 65.2 cm³/mol. The molecule has 17 heavy (non-hydrogen) atoms.